The van der Waals surface area contributed by atoms with Gasteiger partial charge in [-0.3, -0.25) is 4.79 Å². The van der Waals surface area contributed by atoms with Crippen molar-refractivity contribution in [2.75, 3.05) is 18.9 Å². The molecule has 0 aliphatic carbocycles. The highest BCUT2D eigenvalue weighted by molar-refractivity contribution is 5.95. The van der Waals surface area contributed by atoms with Crippen LogP contribution in [0.5, 0.6) is 0 Å². The smallest absolute Gasteiger partial charge is 0.254 e. The van der Waals surface area contributed by atoms with Crippen LogP contribution in [-0.2, 0) is 6.42 Å². The highest BCUT2D eigenvalue weighted by Gasteiger charge is 2.28. The molecule has 110 valence electrons. The minimum absolute atomic E-state index is 0.137. The maximum absolute atomic E-state index is 12.8. The molecule has 1 N–H and O–H groups in total. The molecule has 1 aromatic heterocycles. The molecule has 2 heterocycles. The molecule has 2 rings (SSSR count). The largest absolute Gasteiger partial charge is 0.373 e. The molecular weight excluding hydrogens is 250 g/mol. The minimum Gasteiger partial charge on any atom is -0.373 e. The number of rotatable bonds is 3. The number of anilines is 1. The second kappa shape index (κ2) is 6.25. The zero-order chi connectivity index (χ0) is 14.7. The maximum Gasteiger partial charge on any atom is 0.254 e. The van der Waals surface area contributed by atoms with Gasteiger partial charge in [-0.05, 0) is 44.2 Å². The van der Waals surface area contributed by atoms with Gasteiger partial charge in [0.1, 0.15) is 5.82 Å². The summed E-state index contributed by atoms with van der Waals surface area (Å²) >= 11 is 0. The van der Waals surface area contributed by atoms with E-state index in [4.69, 9.17) is 0 Å². The van der Waals surface area contributed by atoms with Crippen LogP contribution in [0.3, 0.4) is 0 Å². The van der Waals surface area contributed by atoms with Crippen LogP contribution >= 0.6 is 0 Å². The second-order valence-corrected chi connectivity index (χ2v) is 5.83. The van der Waals surface area contributed by atoms with Crippen LogP contribution in [0.15, 0.2) is 12.1 Å². The monoisotopic (exact) mass is 275 g/mol. The van der Waals surface area contributed by atoms with E-state index in [1.165, 1.54) is 6.42 Å². The Labute approximate surface area is 121 Å². The van der Waals surface area contributed by atoms with Crippen molar-refractivity contribution in [3.8, 4) is 0 Å². The summed E-state index contributed by atoms with van der Waals surface area (Å²) < 4.78 is 0. The van der Waals surface area contributed by atoms with Crippen molar-refractivity contribution < 1.29 is 4.79 Å². The molecule has 1 aromatic rings. The van der Waals surface area contributed by atoms with E-state index in [1.54, 1.807) is 0 Å². The number of likely N-dealkylation sites (tertiary alicyclic amines) is 1. The number of carbonyl (C=O) groups is 1. The third kappa shape index (κ3) is 3.11. The first-order chi connectivity index (χ1) is 9.55. The van der Waals surface area contributed by atoms with Gasteiger partial charge in [-0.1, -0.05) is 13.8 Å². The zero-order valence-electron chi connectivity index (χ0n) is 12.9. The Morgan fingerprint density at radius 1 is 1.40 bits per heavy atom. The summed E-state index contributed by atoms with van der Waals surface area (Å²) in [5, 5.41) is 3.04. The van der Waals surface area contributed by atoms with Crippen LogP contribution in [0.1, 0.15) is 49.7 Å². The summed E-state index contributed by atoms with van der Waals surface area (Å²) in [6, 6.07) is 4.11. The van der Waals surface area contributed by atoms with E-state index in [2.05, 4.69) is 31.1 Å². The Morgan fingerprint density at radius 3 is 2.80 bits per heavy atom. The Morgan fingerprint density at radius 2 is 2.15 bits per heavy atom. The van der Waals surface area contributed by atoms with Crippen LogP contribution in [0, 0.1) is 5.92 Å². The molecule has 0 aromatic carbocycles. The SMILES string of the molecule is CCc1cc(C(=O)N2CC(C)CCC2C)cc(NC)n1. The van der Waals surface area contributed by atoms with Crippen molar-refractivity contribution in [3.05, 3.63) is 23.4 Å². The van der Waals surface area contributed by atoms with Crippen LogP contribution in [0.4, 0.5) is 5.82 Å². The lowest BCUT2D eigenvalue weighted by Crippen LogP contribution is -2.45. The molecule has 1 amide bonds. The Balaban J connectivity index is 2.27. The third-order valence-corrected chi connectivity index (χ3v) is 4.12. The van der Waals surface area contributed by atoms with Gasteiger partial charge in [0.05, 0.1) is 0 Å². The number of nitrogens with one attached hydrogen (secondary N) is 1. The molecule has 0 bridgehead atoms. The number of nitrogens with zero attached hydrogens (tertiary/aromatic N) is 2. The summed E-state index contributed by atoms with van der Waals surface area (Å²) in [5.74, 6) is 1.49. The predicted octanol–water partition coefficient (Wildman–Crippen LogP) is 2.95. The zero-order valence-corrected chi connectivity index (χ0v) is 12.9. The summed E-state index contributed by atoms with van der Waals surface area (Å²) in [6.45, 7) is 7.28. The van der Waals surface area contributed by atoms with E-state index in [0.29, 0.717) is 12.0 Å². The average molecular weight is 275 g/mol. The molecule has 0 saturated carbocycles. The van der Waals surface area contributed by atoms with E-state index in [-0.39, 0.29) is 5.91 Å². The van der Waals surface area contributed by atoms with E-state index >= 15 is 0 Å². The molecule has 0 radical (unpaired) electrons. The van der Waals surface area contributed by atoms with Gasteiger partial charge in [0.15, 0.2) is 0 Å². The highest BCUT2D eigenvalue weighted by atomic mass is 16.2. The fraction of sp³-hybridized carbons (Fsp3) is 0.625. The molecule has 2 unspecified atom stereocenters. The Hall–Kier alpha value is -1.58. The first kappa shape index (κ1) is 14.8. The number of aryl methyl sites for hydroxylation is 1. The lowest BCUT2D eigenvalue weighted by atomic mass is 9.94. The van der Waals surface area contributed by atoms with Crippen LogP contribution in [-0.4, -0.2) is 35.4 Å². The van der Waals surface area contributed by atoms with Crippen LogP contribution in [0.2, 0.25) is 0 Å². The van der Waals surface area contributed by atoms with E-state index in [1.807, 2.05) is 24.1 Å². The van der Waals surface area contributed by atoms with Crippen molar-refractivity contribution in [3.63, 3.8) is 0 Å². The maximum atomic E-state index is 12.8. The molecule has 1 saturated heterocycles. The number of carbonyl (C=O) groups excluding carboxylic acids is 1. The van der Waals surface area contributed by atoms with E-state index in [0.717, 1.165) is 36.5 Å². The fourth-order valence-corrected chi connectivity index (χ4v) is 2.76. The third-order valence-electron chi connectivity index (χ3n) is 4.12. The topological polar surface area (TPSA) is 45.2 Å². The van der Waals surface area contributed by atoms with Crippen LogP contribution in [0.25, 0.3) is 0 Å². The van der Waals surface area contributed by atoms with Crippen LogP contribution < -0.4 is 5.32 Å². The highest BCUT2D eigenvalue weighted by Crippen LogP contribution is 2.24. The molecular formula is C16H25N3O. The molecule has 1 aliphatic rings. The van der Waals surface area contributed by atoms with E-state index in [9.17, 15) is 4.79 Å². The standard InChI is InChI=1S/C16H25N3O/c1-5-14-8-13(9-15(17-4)18-14)16(20)19-10-11(2)6-7-12(19)3/h8-9,11-12H,5-7,10H2,1-4H3,(H,17,18). The number of pyridine rings is 1. The molecule has 1 aliphatic heterocycles. The number of hydrogen-bond acceptors (Lipinski definition) is 3. The quantitative estimate of drug-likeness (QED) is 0.922. The summed E-state index contributed by atoms with van der Waals surface area (Å²) in [4.78, 5) is 19.2. The predicted molar refractivity (Wildman–Crippen MR) is 82.1 cm³/mol. The van der Waals surface area contributed by atoms with Gasteiger partial charge in [-0.15, -0.1) is 0 Å². The van der Waals surface area contributed by atoms with Crippen molar-refractivity contribution in [2.45, 2.75) is 46.1 Å². The average Bonchev–Trinajstić information content (AvgIpc) is 2.48. The van der Waals surface area contributed by atoms with Gasteiger partial charge < -0.3 is 10.2 Å². The van der Waals surface area contributed by atoms with Gasteiger partial charge in [-0.2, -0.15) is 0 Å². The number of aromatic nitrogens is 1. The molecule has 20 heavy (non-hydrogen) atoms. The molecule has 4 heteroatoms. The number of piperidine rings is 1. The number of hydrogen-bond donors (Lipinski definition) is 1. The summed E-state index contributed by atoms with van der Waals surface area (Å²) in [7, 11) is 1.83. The van der Waals surface area contributed by atoms with E-state index < -0.39 is 0 Å². The normalized spacial score (nSPS) is 22.7. The van der Waals surface area contributed by atoms with Crippen molar-refractivity contribution >= 4 is 11.7 Å². The number of amides is 1. The lowest BCUT2D eigenvalue weighted by molar-refractivity contribution is 0.0574. The van der Waals surface area contributed by atoms with Gasteiger partial charge in [0.25, 0.3) is 5.91 Å². The Kier molecular flexibility index (Phi) is 4.63. The lowest BCUT2D eigenvalue weighted by Gasteiger charge is -2.37. The molecule has 0 spiro atoms. The second-order valence-electron chi connectivity index (χ2n) is 5.83. The van der Waals surface area contributed by atoms with Crippen molar-refractivity contribution in [1.29, 1.82) is 0 Å². The van der Waals surface area contributed by atoms with Gasteiger partial charge in [0, 0.05) is 30.9 Å². The van der Waals surface area contributed by atoms with Gasteiger partial charge in [-0.25, -0.2) is 4.98 Å². The molecule has 1 fully saturated rings. The van der Waals surface area contributed by atoms with Crippen molar-refractivity contribution in [1.82, 2.24) is 9.88 Å². The minimum atomic E-state index is 0.137. The fourth-order valence-electron chi connectivity index (χ4n) is 2.76. The summed E-state index contributed by atoms with van der Waals surface area (Å²) in [6.07, 6.45) is 3.14. The first-order valence-corrected chi connectivity index (χ1v) is 7.54. The first-order valence-electron chi connectivity index (χ1n) is 7.54. The van der Waals surface area contributed by atoms with Crippen molar-refractivity contribution in [2.24, 2.45) is 5.92 Å². The van der Waals surface area contributed by atoms with Gasteiger partial charge in [0.2, 0.25) is 0 Å². The van der Waals surface area contributed by atoms with Gasteiger partial charge >= 0.3 is 0 Å². The molecule has 2 atom stereocenters. The summed E-state index contributed by atoms with van der Waals surface area (Å²) in [5.41, 5.74) is 1.71. The Bertz CT molecular complexity index is 464. The molecule has 4 nitrogen and oxygen atoms in total.